The number of carbonyl (C=O) groups excluding carboxylic acids is 1. The van der Waals surface area contributed by atoms with Gasteiger partial charge in [0.1, 0.15) is 5.60 Å². The Kier molecular flexibility index (Phi) is 5.59. The number of nitriles is 1. The van der Waals surface area contributed by atoms with E-state index in [0.29, 0.717) is 12.0 Å². The molecule has 0 aromatic heterocycles. The van der Waals surface area contributed by atoms with Crippen molar-refractivity contribution in [2.45, 2.75) is 38.8 Å². The van der Waals surface area contributed by atoms with E-state index in [2.05, 4.69) is 11.4 Å². The molecule has 124 valence electrons. The first-order valence-corrected chi connectivity index (χ1v) is 7.91. The third kappa shape index (κ3) is 5.44. The molecular weight excluding hydrogens is 300 g/mol. The molecule has 2 aromatic carbocycles. The molecular formula is C20H22N2O2. The first-order valence-electron chi connectivity index (χ1n) is 7.91. The van der Waals surface area contributed by atoms with Crippen LogP contribution in [0.2, 0.25) is 0 Å². The summed E-state index contributed by atoms with van der Waals surface area (Å²) in [6.45, 7) is 5.50. The number of nitrogens with zero attached hydrogens (tertiary/aromatic N) is 1. The minimum Gasteiger partial charge on any atom is -0.444 e. The minimum absolute atomic E-state index is 0.227. The van der Waals surface area contributed by atoms with E-state index >= 15 is 0 Å². The molecule has 0 spiro atoms. The van der Waals surface area contributed by atoms with Gasteiger partial charge < -0.3 is 10.1 Å². The number of ether oxygens (including phenoxy) is 1. The van der Waals surface area contributed by atoms with Crippen molar-refractivity contribution in [2.75, 3.05) is 0 Å². The van der Waals surface area contributed by atoms with Crippen LogP contribution in [-0.4, -0.2) is 11.7 Å². The van der Waals surface area contributed by atoms with Crippen molar-refractivity contribution in [1.82, 2.24) is 5.32 Å². The highest BCUT2D eigenvalue weighted by Crippen LogP contribution is 2.20. The topological polar surface area (TPSA) is 62.1 Å². The van der Waals surface area contributed by atoms with E-state index in [9.17, 15) is 4.79 Å². The van der Waals surface area contributed by atoms with Gasteiger partial charge >= 0.3 is 6.09 Å². The molecule has 2 aromatic rings. The Morgan fingerprint density at radius 2 is 1.75 bits per heavy atom. The van der Waals surface area contributed by atoms with Gasteiger partial charge in [-0.25, -0.2) is 4.79 Å². The summed E-state index contributed by atoms with van der Waals surface area (Å²) < 4.78 is 5.37. The number of hydrogen-bond donors (Lipinski definition) is 1. The van der Waals surface area contributed by atoms with Gasteiger partial charge in [-0.1, -0.05) is 42.5 Å². The molecule has 0 aliphatic carbocycles. The van der Waals surface area contributed by atoms with Crippen LogP contribution in [0.5, 0.6) is 0 Å². The molecule has 0 unspecified atom stereocenters. The van der Waals surface area contributed by atoms with Crippen molar-refractivity contribution in [2.24, 2.45) is 0 Å². The molecule has 0 aliphatic heterocycles. The largest absolute Gasteiger partial charge is 0.444 e. The average Bonchev–Trinajstić information content (AvgIpc) is 2.53. The second kappa shape index (κ2) is 7.65. The lowest BCUT2D eigenvalue weighted by molar-refractivity contribution is 0.0503. The van der Waals surface area contributed by atoms with Crippen LogP contribution >= 0.6 is 0 Å². The minimum atomic E-state index is -0.550. The van der Waals surface area contributed by atoms with Crippen LogP contribution in [0.25, 0.3) is 0 Å². The number of amides is 1. The Morgan fingerprint density at radius 3 is 2.29 bits per heavy atom. The van der Waals surface area contributed by atoms with Crippen LogP contribution in [0.1, 0.15) is 43.5 Å². The van der Waals surface area contributed by atoms with Crippen molar-refractivity contribution in [3.05, 3.63) is 71.3 Å². The summed E-state index contributed by atoms with van der Waals surface area (Å²) in [5, 5.41) is 11.9. The van der Waals surface area contributed by atoms with E-state index in [0.717, 1.165) is 11.1 Å². The summed E-state index contributed by atoms with van der Waals surface area (Å²) in [7, 11) is 0. The molecule has 0 heterocycles. The third-order valence-corrected chi connectivity index (χ3v) is 3.42. The molecule has 24 heavy (non-hydrogen) atoms. The molecule has 2 rings (SSSR count). The van der Waals surface area contributed by atoms with Crippen LogP contribution in [0.15, 0.2) is 54.6 Å². The number of rotatable bonds is 4. The number of hydrogen-bond acceptors (Lipinski definition) is 3. The van der Waals surface area contributed by atoms with Gasteiger partial charge in [0.05, 0.1) is 17.7 Å². The summed E-state index contributed by atoms with van der Waals surface area (Å²) >= 11 is 0. The Balaban J connectivity index is 2.20. The Labute approximate surface area is 143 Å². The summed E-state index contributed by atoms with van der Waals surface area (Å²) in [5.74, 6) is 0. The van der Waals surface area contributed by atoms with E-state index in [-0.39, 0.29) is 6.04 Å². The first-order chi connectivity index (χ1) is 11.4. The van der Waals surface area contributed by atoms with Crippen molar-refractivity contribution >= 4 is 6.09 Å². The van der Waals surface area contributed by atoms with Gasteiger partial charge in [0.15, 0.2) is 0 Å². The lowest BCUT2D eigenvalue weighted by Gasteiger charge is -2.24. The van der Waals surface area contributed by atoms with Crippen LogP contribution in [0, 0.1) is 11.3 Å². The Bertz CT molecular complexity index is 710. The second-order valence-corrected chi connectivity index (χ2v) is 6.62. The molecule has 0 radical (unpaired) electrons. The summed E-state index contributed by atoms with van der Waals surface area (Å²) in [4.78, 5) is 12.2. The van der Waals surface area contributed by atoms with E-state index in [1.165, 1.54) is 0 Å². The number of benzene rings is 2. The van der Waals surface area contributed by atoms with Gasteiger partial charge in [0, 0.05) is 0 Å². The quantitative estimate of drug-likeness (QED) is 0.909. The molecule has 0 fully saturated rings. The molecule has 0 bridgehead atoms. The maximum absolute atomic E-state index is 12.2. The lowest BCUT2D eigenvalue weighted by atomic mass is 9.98. The van der Waals surface area contributed by atoms with Crippen LogP contribution in [-0.2, 0) is 11.2 Å². The van der Waals surface area contributed by atoms with Gasteiger partial charge in [0.25, 0.3) is 0 Å². The predicted molar refractivity (Wildman–Crippen MR) is 93.4 cm³/mol. The van der Waals surface area contributed by atoms with Crippen LogP contribution < -0.4 is 5.32 Å². The molecule has 0 aliphatic rings. The normalized spacial score (nSPS) is 12.1. The molecule has 1 amide bonds. The highest BCUT2D eigenvalue weighted by Gasteiger charge is 2.21. The van der Waals surface area contributed by atoms with Crippen molar-refractivity contribution in [3.8, 4) is 6.07 Å². The van der Waals surface area contributed by atoms with Crippen molar-refractivity contribution in [1.29, 1.82) is 5.26 Å². The van der Waals surface area contributed by atoms with Gasteiger partial charge in [-0.3, -0.25) is 0 Å². The third-order valence-electron chi connectivity index (χ3n) is 3.42. The van der Waals surface area contributed by atoms with E-state index < -0.39 is 11.7 Å². The van der Waals surface area contributed by atoms with E-state index in [4.69, 9.17) is 10.00 Å². The molecule has 4 heteroatoms. The highest BCUT2D eigenvalue weighted by molar-refractivity contribution is 5.68. The lowest BCUT2D eigenvalue weighted by Crippen LogP contribution is -2.35. The van der Waals surface area contributed by atoms with Gasteiger partial charge in [-0.05, 0) is 50.5 Å². The van der Waals surface area contributed by atoms with E-state index in [1.807, 2.05) is 63.2 Å². The maximum atomic E-state index is 12.2. The predicted octanol–water partition coefficient (Wildman–Crippen LogP) is 4.37. The summed E-state index contributed by atoms with van der Waals surface area (Å²) in [6.07, 6.45) is 0.194. The number of alkyl carbamates (subject to hydrolysis) is 1. The fourth-order valence-electron chi connectivity index (χ4n) is 2.34. The zero-order valence-electron chi connectivity index (χ0n) is 14.2. The summed E-state index contributed by atoms with van der Waals surface area (Å²) in [5.41, 5.74) is 2.09. The number of carbonyl (C=O) groups is 1. The zero-order valence-corrected chi connectivity index (χ0v) is 14.2. The standard InChI is InChI=1S/C20H22N2O2/c1-20(2,3)24-19(23)22-18(13-15-7-5-4-6-8-15)17-11-9-16(14-21)10-12-17/h4-12,18H,13H2,1-3H3,(H,22,23)/t18-/m0/s1. The van der Waals surface area contributed by atoms with Crippen molar-refractivity contribution < 1.29 is 9.53 Å². The summed E-state index contributed by atoms with van der Waals surface area (Å²) in [6, 6.07) is 19.1. The highest BCUT2D eigenvalue weighted by atomic mass is 16.6. The second-order valence-electron chi connectivity index (χ2n) is 6.62. The fraction of sp³-hybridized carbons (Fsp3) is 0.300. The first kappa shape index (κ1) is 17.6. The molecule has 4 nitrogen and oxygen atoms in total. The average molecular weight is 322 g/mol. The molecule has 1 atom stereocenters. The zero-order chi connectivity index (χ0) is 17.6. The SMILES string of the molecule is CC(C)(C)OC(=O)N[C@@H](Cc1ccccc1)c1ccc(C#N)cc1. The van der Waals surface area contributed by atoms with Gasteiger partial charge in [-0.15, -0.1) is 0 Å². The maximum Gasteiger partial charge on any atom is 0.408 e. The van der Waals surface area contributed by atoms with E-state index in [1.54, 1.807) is 12.1 Å². The molecule has 1 N–H and O–H groups in total. The number of nitrogens with one attached hydrogen (secondary N) is 1. The Morgan fingerprint density at radius 1 is 1.12 bits per heavy atom. The van der Waals surface area contributed by atoms with Gasteiger partial charge in [-0.2, -0.15) is 5.26 Å². The smallest absolute Gasteiger partial charge is 0.408 e. The Hall–Kier alpha value is -2.80. The molecule has 0 saturated heterocycles. The van der Waals surface area contributed by atoms with Crippen molar-refractivity contribution in [3.63, 3.8) is 0 Å². The van der Waals surface area contributed by atoms with Crippen LogP contribution in [0.3, 0.4) is 0 Å². The van der Waals surface area contributed by atoms with Crippen LogP contribution in [0.4, 0.5) is 4.79 Å². The van der Waals surface area contributed by atoms with Gasteiger partial charge in [0.2, 0.25) is 0 Å². The monoisotopic (exact) mass is 322 g/mol. The fourth-order valence-corrected chi connectivity index (χ4v) is 2.34. The molecule has 0 saturated carbocycles.